The summed E-state index contributed by atoms with van der Waals surface area (Å²) in [5.74, 6) is -0.434. The number of morpholine rings is 1. The first-order chi connectivity index (χ1) is 28.2. The topological polar surface area (TPSA) is 161 Å². The maximum absolute atomic E-state index is 15.3. The number of rotatable bonds is 10. The SMILES string of the molecule is O=C1CCC(Nc2ccc(C3CCN(C4CCC(C(=O)NC5CCC(Nc6ncc(F)c(-c7cccc(N8CCOCC8=O)c7)n6)CC5)CC4)CC3)c(F)c2)C(O)N1. The number of anilines is 3. The van der Waals surface area contributed by atoms with Crippen LogP contribution in [-0.2, 0) is 19.1 Å². The van der Waals surface area contributed by atoms with Gasteiger partial charge in [-0.1, -0.05) is 18.2 Å². The minimum absolute atomic E-state index is 0.0164. The monoisotopic (exact) mass is 800 g/mol. The van der Waals surface area contributed by atoms with E-state index in [9.17, 15) is 23.9 Å². The Morgan fingerprint density at radius 1 is 0.862 bits per heavy atom. The molecule has 2 unspecified atom stereocenters. The summed E-state index contributed by atoms with van der Waals surface area (Å²) < 4.78 is 35.5. The van der Waals surface area contributed by atoms with Crippen molar-refractivity contribution >= 4 is 35.0 Å². The Balaban J connectivity index is 0.753. The number of aliphatic hydroxyl groups excluding tert-OH is 1. The number of amides is 3. The standard InChI is InChI=1S/C43H54F2N8O5/c44-35-23-31(47-37-14-15-38(54)50-42(37)57)10-13-34(35)26-16-18-52(19-17-26)32-11-4-27(5-12-32)41(56)48-29-6-8-30(9-7-29)49-43-46-24-36(45)40(51-43)28-2-1-3-33(22-28)53-20-21-58-25-39(53)55/h1-3,10,13,22-24,26-27,29-30,32,37,42,47,57H,4-9,11-12,14-21,25H2,(H,48,56)(H,50,54)(H,46,49,51). The molecule has 3 aromatic rings. The van der Waals surface area contributed by atoms with Crippen molar-refractivity contribution < 1.29 is 33.0 Å². The Labute approximate surface area is 337 Å². The van der Waals surface area contributed by atoms with Gasteiger partial charge in [0.1, 0.15) is 24.3 Å². The lowest BCUT2D eigenvalue weighted by Crippen LogP contribution is -2.51. The van der Waals surface area contributed by atoms with Gasteiger partial charge < -0.3 is 40.9 Å². The van der Waals surface area contributed by atoms with Crippen LogP contribution >= 0.6 is 0 Å². The maximum Gasteiger partial charge on any atom is 0.253 e. The second-order valence-corrected chi connectivity index (χ2v) is 16.6. The van der Waals surface area contributed by atoms with Crippen LogP contribution in [0, 0.1) is 17.6 Å². The first kappa shape index (κ1) is 40.1. The van der Waals surface area contributed by atoms with Crippen molar-refractivity contribution in [3.05, 3.63) is 65.9 Å². The quantitative estimate of drug-likeness (QED) is 0.187. The van der Waals surface area contributed by atoms with Gasteiger partial charge in [0.2, 0.25) is 17.8 Å². The van der Waals surface area contributed by atoms with Gasteiger partial charge in [0, 0.05) is 53.9 Å². The van der Waals surface area contributed by atoms with Crippen LogP contribution in [-0.4, -0.2) is 101 Å². The fourth-order valence-corrected chi connectivity index (χ4v) is 9.51. The molecule has 13 nitrogen and oxygen atoms in total. The fraction of sp³-hybridized carbons (Fsp3) is 0.558. The average molecular weight is 801 g/mol. The van der Waals surface area contributed by atoms with Crippen LogP contribution in [0.15, 0.2) is 48.7 Å². The zero-order valence-electron chi connectivity index (χ0n) is 32.8. The molecule has 2 atom stereocenters. The van der Waals surface area contributed by atoms with Crippen molar-refractivity contribution in [3.63, 3.8) is 0 Å². The Kier molecular flexibility index (Phi) is 12.5. The number of piperidine rings is 2. The molecule has 2 aliphatic carbocycles. The number of ether oxygens (including phenoxy) is 1. The highest BCUT2D eigenvalue weighted by Crippen LogP contribution is 2.36. The second-order valence-electron chi connectivity index (χ2n) is 16.6. The smallest absolute Gasteiger partial charge is 0.253 e. The third kappa shape index (κ3) is 9.42. The summed E-state index contributed by atoms with van der Waals surface area (Å²) in [5.41, 5.74) is 2.73. The molecule has 2 saturated carbocycles. The third-order valence-electron chi connectivity index (χ3n) is 12.8. The Morgan fingerprint density at radius 2 is 1.64 bits per heavy atom. The summed E-state index contributed by atoms with van der Waals surface area (Å²) in [6, 6.07) is 12.7. The van der Waals surface area contributed by atoms with Crippen LogP contribution in [0.25, 0.3) is 11.3 Å². The molecule has 5 N–H and O–H groups in total. The normalized spacial score (nSPS) is 27.5. The van der Waals surface area contributed by atoms with Crippen molar-refractivity contribution in [2.24, 2.45) is 5.92 Å². The molecule has 15 heteroatoms. The number of halogens is 2. The van der Waals surface area contributed by atoms with E-state index in [1.165, 1.54) is 12.3 Å². The van der Waals surface area contributed by atoms with Crippen LogP contribution in [0.5, 0.6) is 0 Å². The molecular weight excluding hydrogens is 747 g/mol. The molecule has 3 aliphatic heterocycles. The maximum atomic E-state index is 15.3. The number of hydrogen-bond donors (Lipinski definition) is 5. The van der Waals surface area contributed by atoms with Gasteiger partial charge >= 0.3 is 0 Å². The molecule has 1 aromatic heterocycles. The third-order valence-corrected chi connectivity index (χ3v) is 12.8. The van der Waals surface area contributed by atoms with Crippen molar-refractivity contribution in [3.8, 4) is 11.3 Å². The predicted molar refractivity (Wildman–Crippen MR) is 215 cm³/mol. The van der Waals surface area contributed by atoms with Crippen molar-refractivity contribution in [1.29, 1.82) is 0 Å². The molecule has 5 fully saturated rings. The number of hydrogen-bond acceptors (Lipinski definition) is 10. The second kappa shape index (κ2) is 18.0. The molecule has 310 valence electrons. The summed E-state index contributed by atoms with van der Waals surface area (Å²) in [5, 5.41) is 22.6. The van der Waals surface area contributed by atoms with Gasteiger partial charge in [-0.2, -0.15) is 0 Å². The van der Waals surface area contributed by atoms with Crippen molar-refractivity contribution in [2.45, 2.75) is 113 Å². The Hall–Kier alpha value is -4.73. The van der Waals surface area contributed by atoms with Gasteiger partial charge in [-0.25, -0.2) is 18.7 Å². The van der Waals surface area contributed by atoms with Gasteiger partial charge in [-0.05, 0) is 119 Å². The largest absolute Gasteiger partial charge is 0.378 e. The molecular formula is C43H54F2N8O5. The highest BCUT2D eigenvalue weighted by atomic mass is 19.1. The molecule has 5 aliphatic rings. The molecule has 0 bridgehead atoms. The number of carbonyl (C=O) groups excluding carboxylic acids is 3. The number of nitrogens with zero attached hydrogens (tertiary/aromatic N) is 4. The van der Waals surface area contributed by atoms with E-state index in [1.54, 1.807) is 23.1 Å². The average Bonchev–Trinajstić information content (AvgIpc) is 3.24. The minimum atomic E-state index is -0.997. The van der Waals surface area contributed by atoms with Crippen molar-refractivity contribution in [2.75, 3.05) is 48.4 Å². The van der Waals surface area contributed by atoms with E-state index in [0.717, 1.165) is 82.9 Å². The molecule has 8 rings (SSSR count). The first-order valence-electron chi connectivity index (χ1n) is 21.0. The van der Waals surface area contributed by atoms with E-state index in [4.69, 9.17) is 4.74 Å². The zero-order valence-corrected chi connectivity index (χ0v) is 32.8. The number of benzene rings is 2. The van der Waals surface area contributed by atoms with E-state index >= 15 is 4.39 Å². The predicted octanol–water partition coefficient (Wildman–Crippen LogP) is 5.07. The van der Waals surface area contributed by atoms with Gasteiger partial charge in [-0.15, -0.1) is 0 Å². The molecule has 3 amide bonds. The van der Waals surface area contributed by atoms with Crippen LogP contribution < -0.4 is 26.2 Å². The zero-order chi connectivity index (χ0) is 40.2. The van der Waals surface area contributed by atoms with Crippen molar-refractivity contribution in [1.82, 2.24) is 25.5 Å². The molecule has 58 heavy (non-hydrogen) atoms. The van der Waals surface area contributed by atoms with Crippen LogP contribution in [0.1, 0.15) is 88.5 Å². The van der Waals surface area contributed by atoms with E-state index in [1.807, 2.05) is 18.2 Å². The number of carbonyl (C=O) groups is 3. The van der Waals surface area contributed by atoms with Gasteiger partial charge in [0.25, 0.3) is 5.91 Å². The van der Waals surface area contributed by atoms with Gasteiger partial charge in [0.15, 0.2) is 5.82 Å². The van der Waals surface area contributed by atoms with E-state index in [2.05, 4.69) is 36.1 Å². The molecule has 0 spiro atoms. The summed E-state index contributed by atoms with van der Waals surface area (Å²) in [4.78, 5) is 50.1. The number of aliphatic hydroxyl groups is 1. The van der Waals surface area contributed by atoms with Gasteiger partial charge in [-0.3, -0.25) is 14.4 Å². The van der Waals surface area contributed by atoms with E-state index in [0.29, 0.717) is 54.9 Å². The lowest BCUT2D eigenvalue weighted by Gasteiger charge is -2.41. The summed E-state index contributed by atoms with van der Waals surface area (Å²) in [6.07, 6.45) is 9.78. The van der Waals surface area contributed by atoms with Crippen LogP contribution in [0.4, 0.5) is 26.1 Å². The van der Waals surface area contributed by atoms with Gasteiger partial charge in [0.05, 0.1) is 18.8 Å². The molecule has 3 saturated heterocycles. The lowest BCUT2D eigenvalue weighted by molar-refractivity contribution is -0.128. The molecule has 2 aromatic carbocycles. The number of nitrogens with one attached hydrogen (secondary N) is 4. The number of aromatic nitrogens is 2. The Morgan fingerprint density at radius 3 is 2.38 bits per heavy atom. The molecule has 0 radical (unpaired) electrons. The highest BCUT2D eigenvalue weighted by molar-refractivity contribution is 5.95. The molecule has 4 heterocycles. The highest BCUT2D eigenvalue weighted by Gasteiger charge is 2.34. The van der Waals surface area contributed by atoms with Crippen LogP contribution in [0.3, 0.4) is 0 Å². The first-order valence-corrected chi connectivity index (χ1v) is 21.0. The van der Waals surface area contributed by atoms with Crippen LogP contribution in [0.2, 0.25) is 0 Å². The lowest BCUT2D eigenvalue weighted by atomic mass is 9.82. The Bertz CT molecular complexity index is 1950. The fourth-order valence-electron chi connectivity index (χ4n) is 9.51. The summed E-state index contributed by atoms with van der Waals surface area (Å²) in [6.45, 7) is 2.73. The summed E-state index contributed by atoms with van der Waals surface area (Å²) in [7, 11) is 0. The summed E-state index contributed by atoms with van der Waals surface area (Å²) >= 11 is 0. The van der Waals surface area contributed by atoms with E-state index < -0.39 is 12.0 Å². The minimum Gasteiger partial charge on any atom is -0.378 e. The van der Waals surface area contributed by atoms with E-state index in [-0.39, 0.29) is 65.8 Å². The number of likely N-dealkylation sites (tertiary alicyclic amines) is 1.